The molecule has 11 heteroatoms. The molecule has 2 aliphatic heterocycles. The molecule has 1 aromatic heterocycles. The fourth-order valence-corrected chi connectivity index (χ4v) is 3.22. The van der Waals surface area contributed by atoms with Crippen LogP contribution < -0.4 is 5.32 Å². The Bertz CT molecular complexity index is 672. The third-order valence-corrected chi connectivity index (χ3v) is 4.50. The zero-order valence-corrected chi connectivity index (χ0v) is 15.8. The highest BCUT2D eigenvalue weighted by atomic mass is 19.4. The van der Waals surface area contributed by atoms with Crippen molar-refractivity contribution in [3.05, 3.63) is 18.0 Å². The summed E-state index contributed by atoms with van der Waals surface area (Å²) in [6.07, 6.45) is -1.20. The number of carbonyl (C=O) groups excluding carboxylic acids is 1. The summed E-state index contributed by atoms with van der Waals surface area (Å²) < 4.78 is 39.1. The smallest absolute Gasteiger partial charge is 0.475 e. The molecule has 3 rings (SSSR count). The van der Waals surface area contributed by atoms with E-state index in [4.69, 9.17) is 14.6 Å². The van der Waals surface area contributed by atoms with Crippen molar-refractivity contribution in [1.29, 1.82) is 0 Å². The summed E-state index contributed by atoms with van der Waals surface area (Å²) in [5.41, 5.74) is 1.12. The molecule has 3 heterocycles. The number of carboxylic acids is 1. The Morgan fingerprint density at radius 1 is 1.32 bits per heavy atom. The van der Waals surface area contributed by atoms with Gasteiger partial charge in [-0.25, -0.2) is 4.79 Å². The first kappa shape index (κ1) is 22.2. The first-order chi connectivity index (χ1) is 13.1. The van der Waals surface area contributed by atoms with Gasteiger partial charge in [0.05, 0.1) is 5.69 Å². The van der Waals surface area contributed by atoms with E-state index >= 15 is 0 Å². The molecule has 0 aliphatic carbocycles. The molecule has 158 valence electrons. The molecule has 28 heavy (non-hydrogen) atoms. The van der Waals surface area contributed by atoms with Crippen LogP contribution in [0.1, 0.15) is 38.4 Å². The largest absolute Gasteiger partial charge is 0.490 e. The SMILES string of the molecule is CC(C)NC(=O)C1CN(C2CCOCC2)Cc2ccnn21.O=C(O)C(F)(F)F. The van der Waals surface area contributed by atoms with E-state index in [9.17, 15) is 18.0 Å². The maximum atomic E-state index is 12.5. The van der Waals surface area contributed by atoms with Crippen LogP contribution in [0.3, 0.4) is 0 Å². The molecule has 1 fully saturated rings. The van der Waals surface area contributed by atoms with E-state index < -0.39 is 12.1 Å². The molecular formula is C17H25F3N4O4. The minimum absolute atomic E-state index is 0.0618. The first-order valence-electron chi connectivity index (χ1n) is 9.04. The van der Waals surface area contributed by atoms with E-state index in [-0.39, 0.29) is 18.0 Å². The Hall–Kier alpha value is -2.14. The van der Waals surface area contributed by atoms with E-state index in [0.717, 1.165) is 44.8 Å². The van der Waals surface area contributed by atoms with Gasteiger partial charge in [0.25, 0.3) is 0 Å². The highest BCUT2D eigenvalue weighted by Crippen LogP contribution is 2.26. The average Bonchev–Trinajstić information content (AvgIpc) is 3.09. The lowest BCUT2D eigenvalue weighted by Gasteiger charge is -2.39. The molecule has 1 aromatic rings. The van der Waals surface area contributed by atoms with Gasteiger partial charge in [0.2, 0.25) is 5.91 Å². The number of hydrogen-bond donors (Lipinski definition) is 2. The van der Waals surface area contributed by atoms with Crippen LogP contribution in [0.4, 0.5) is 13.2 Å². The van der Waals surface area contributed by atoms with Crippen molar-refractivity contribution < 1.29 is 32.6 Å². The monoisotopic (exact) mass is 406 g/mol. The Balaban J connectivity index is 0.000000345. The molecule has 8 nitrogen and oxygen atoms in total. The molecule has 2 aliphatic rings. The van der Waals surface area contributed by atoms with Gasteiger partial charge in [-0.2, -0.15) is 18.3 Å². The van der Waals surface area contributed by atoms with Crippen LogP contribution in [0.25, 0.3) is 0 Å². The van der Waals surface area contributed by atoms with Crippen LogP contribution in [-0.2, 0) is 20.9 Å². The molecule has 0 spiro atoms. The van der Waals surface area contributed by atoms with Gasteiger partial charge in [0, 0.05) is 44.6 Å². The molecule has 0 radical (unpaired) electrons. The third kappa shape index (κ3) is 5.93. The van der Waals surface area contributed by atoms with Crippen molar-refractivity contribution in [3.8, 4) is 0 Å². The van der Waals surface area contributed by atoms with E-state index in [1.165, 1.54) is 0 Å². The quantitative estimate of drug-likeness (QED) is 0.791. The highest BCUT2D eigenvalue weighted by Gasteiger charge is 2.38. The van der Waals surface area contributed by atoms with Gasteiger partial charge in [-0.3, -0.25) is 14.4 Å². The van der Waals surface area contributed by atoms with Crippen LogP contribution in [-0.4, -0.2) is 69.7 Å². The predicted molar refractivity (Wildman–Crippen MR) is 92.5 cm³/mol. The molecule has 2 N–H and O–H groups in total. The number of halogens is 3. The average molecular weight is 406 g/mol. The number of nitrogens with zero attached hydrogens (tertiary/aromatic N) is 3. The Morgan fingerprint density at radius 3 is 2.46 bits per heavy atom. The standard InChI is InChI=1S/C15H24N4O2.C2HF3O2/c1-11(2)17-15(20)14-10-18(12-4-7-21-8-5-12)9-13-3-6-16-19(13)14;3-2(4,5)1(6)7/h3,6,11-12,14H,4-5,7-10H2,1-2H3,(H,17,20);(H,6,7). The van der Waals surface area contributed by atoms with Gasteiger partial charge < -0.3 is 15.2 Å². The maximum Gasteiger partial charge on any atom is 0.490 e. The topological polar surface area (TPSA) is 96.7 Å². The van der Waals surface area contributed by atoms with Gasteiger partial charge >= 0.3 is 12.1 Å². The Labute approximate surface area is 160 Å². The molecule has 1 amide bonds. The van der Waals surface area contributed by atoms with Gasteiger partial charge in [-0.15, -0.1) is 0 Å². The van der Waals surface area contributed by atoms with Crippen molar-refractivity contribution in [2.75, 3.05) is 19.8 Å². The van der Waals surface area contributed by atoms with Crippen LogP contribution in [0.2, 0.25) is 0 Å². The van der Waals surface area contributed by atoms with E-state index in [1.807, 2.05) is 24.6 Å². The molecule has 0 aromatic carbocycles. The minimum Gasteiger partial charge on any atom is -0.475 e. The van der Waals surface area contributed by atoms with Gasteiger partial charge in [0.15, 0.2) is 0 Å². The number of aromatic nitrogens is 2. The number of alkyl halides is 3. The second-order valence-electron chi connectivity index (χ2n) is 7.02. The lowest BCUT2D eigenvalue weighted by molar-refractivity contribution is -0.192. The number of carbonyl (C=O) groups is 2. The number of hydrogen-bond acceptors (Lipinski definition) is 5. The summed E-state index contributed by atoms with van der Waals surface area (Å²) in [4.78, 5) is 23.8. The summed E-state index contributed by atoms with van der Waals surface area (Å²) >= 11 is 0. The molecule has 1 atom stereocenters. The van der Waals surface area contributed by atoms with E-state index in [2.05, 4.69) is 15.3 Å². The zero-order valence-electron chi connectivity index (χ0n) is 15.8. The number of aliphatic carboxylic acids is 1. The van der Waals surface area contributed by atoms with Crippen LogP contribution >= 0.6 is 0 Å². The maximum absolute atomic E-state index is 12.5. The van der Waals surface area contributed by atoms with E-state index in [1.54, 1.807) is 6.20 Å². The van der Waals surface area contributed by atoms with Crippen molar-refractivity contribution in [1.82, 2.24) is 20.0 Å². The van der Waals surface area contributed by atoms with Crippen molar-refractivity contribution in [3.63, 3.8) is 0 Å². The lowest BCUT2D eigenvalue weighted by atomic mass is 10.0. The van der Waals surface area contributed by atoms with Crippen LogP contribution in [0.15, 0.2) is 12.3 Å². The number of fused-ring (bicyclic) bond motifs is 1. The van der Waals surface area contributed by atoms with Gasteiger partial charge in [0.1, 0.15) is 6.04 Å². The molecule has 1 unspecified atom stereocenters. The zero-order chi connectivity index (χ0) is 20.9. The van der Waals surface area contributed by atoms with Crippen molar-refractivity contribution >= 4 is 11.9 Å². The van der Waals surface area contributed by atoms with Crippen LogP contribution in [0.5, 0.6) is 0 Å². The summed E-state index contributed by atoms with van der Waals surface area (Å²) in [7, 11) is 0. The summed E-state index contributed by atoms with van der Waals surface area (Å²) in [5.74, 6) is -2.70. The Kier molecular flexibility index (Phi) is 7.41. The normalized spacial score (nSPS) is 20.9. The van der Waals surface area contributed by atoms with Crippen LogP contribution in [0, 0.1) is 0 Å². The number of amides is 1. The molecule has 0 bridgehead atoms. The number of nitrogens with one attached hydrogen (secondary N) is 1. The number of carboxylic acid groups (broad SMARTS) is 1. The predicted octanol–water partition coefficient (Wildman–Crippen LogP) is 1.58. The molecule has 0 saturated carbocycles. The summed E-state index contributed by atoms with van der Waals surface area (Å²) in [5, 5.41) is 14.5. The van der Waals surface area contributed by atoms with Gasteiger partial charge in [-0.1, -0.05) is 0 Å². The number of rotatable bonds is 3. The molecular weight excluding hydrogens is 381 g/mol. The summed E-state index contributed by atoms with van der Waals surface area (Å²) in [6.45, 7) is 7.22. The second-order valence-corrected chi connectivity index (χ2v) is 7.02. The lowest BCUT2D eigenvalue weighted by Crippen LogP contribution is -2.50. The summed E-state index contributed by atoms with van der Waals surface area (Å²) in [6, 6.07) is 2.45. The Morgan fingerprint density at radius 2 is 1.93 bits per heavy atom. The fourth-order valence-electron chi connectivity index (χ4n) is 3.22. The fraction of sp³-hybridized carbons (Fsp3) is 0.706. The number of ether oxygens (including phenoxy) is 1. The van der Waals surface area contributed by atoms with E-state index in [0.29, 0.717) is 6.04 Å². The second kappa shape index (κ2) is 9.37. The third-order valence-electron chi connectivity index (χ3n) is 4.50. The molecule has 1 saturated heterocycles. The van der Waals surface area contributed by atoms with Crippen molar-refractivity contribution in [2.45, 2.75) is 57.5 Å². The van der Waals surface area contributed by atoms with Crippen molar-refractivity contribution in [2.24, 2.45) is 0 Å². The van der Waals surface area contributed by atoms with Gasteiger partial charge in [-0.05, 0) is 32.8 Å². The first-order valence-corrected chi connectivity index (χ1v) is 9.04. The minimum atomic E-state index is -5.08. The highest BCUT2D eigenvalue weighted by molar-refractivity contribution is 5.81.